The third-order valence-electron chi connectivity index (χ3n) is 2.99. The molecule has 0 spiro atoms. The number of halogens is 1. The van der Waals surface area contributed by atoms with Gasteiger partial charge < -0.3 is 4.74 Å². The van der Waals surface area contributed by atoms with Gasteiger partial charge in [0.25, 0.3) is 0 Å². The van der Waals surface area contributed by atoms with Crippen LogP contribution in [0, 0.1) is 0 Å². The lowest BCUT2D eigenvalue weighted by atomic mass is 10.1. The Labute approximate surface area is 144 Å². The molecule has 1 rings (SSSR count). The summed E-state index contributed by atoms with van der Waals surface area (Å²) in [7, 11) is -3.52. The fourth-order valence-electron chi connectivity index (χ4n) is 1.69. The summed E-state index contributed by atoms with van der Waals surface area (Å²) in [5, 5.41) is 0. The minimum absolute atomic E-state index is 0.0427. The minimum Gasteiger partial charge on any atom is -0.456 e. The maximum Gasteiger partial charge on any atom is 0.324 e. The second-order valence-electron chi connectivity index (χ2n) is 5.05. The van der Waals surface area contributed by atoms with Crippen molar-refractivity contribution in [2.75, 3.05) is 12.4 Å². The van der Waals surface area contributed by atoms with Crippen molar-refractivity contribution in [1.82, 2.24) is 4.72 Å². The molecule has 0 saturated heterocycles. The first-order valence-electron chi connectivity index (χ1n) is 7.20. The largest absolute Gasteiger partial charge is 0.456 e. The number of hydrogen-bond acceptors (Lipinski definition) is 5. The molecule has 1 aromatic rings. The number of unbranched alkanes of at least 4 members (excludes halogenated alkanes) is 1. The number of esters is 1. The number of sulfonamides is 1. The molecule has 0 aliphatic heterocycles. The van der Waals surface area contributed by atoms with E-state index in [2.05, 4.69) is 20.7 Å². The fraction of sp³-hybridized carbons (Fsp3) is 0.467. The van der Waals surface area contributed by atoms with Gasteiger partial charge >= 0.3 is 5.97 Å². The van der Waals surface area contributed by atoms with Crippen molar-refractivity contribution in [3.63, 3.8) is 0 Å². The molecule has 0 saturated carbocycles. The second-order valence-corrected chi connectivity index (χ2v) is 7.84. The van der Waals surface area contributed by atoms with Gasteiger partial charge in [-0.15, -0.1) is 0 Å². The lowest BCUT2D eigenvalue weighted by Gasteiger charge is -2.13. The van der Waals surface area contributed by atoms with Crippen LogP contribution < -0.4 is 4.72 Å². The Bertz CT molecular complexity index is 642. The van der Waals surface area contributed by atoms with Crippen LogP contribution in [0.4, 0.5) is 0 Å². The highest BCUT2D eigenvalue weighted by Crippen LogP contribution is 2.11. The van der Waals surface area contributed by atoms with Gasteiger partial charge in [0.05, 0.1) is 5.75 Å². The van der Waals surface area contributed by atoms with Crippen molar-refractivity contribution < 1.29 is 22.7 Å². The number of carbonyl (C=O) groups excluding carboxylic acids is 2. The third-order valence-corrected chi connectivity index (χ3v) is 5.06. The maximum absolute atomic E-state index is 11.9. The fourth-order valence-corrected chi connectivity index (χ4v) is 3.38. The lowest BCUT2D eigenvalue weighted by Crippen LogP contribution is -2.41. The zero-order valence-corrected chi connectivity index (χ0v) is 15.4. The topological polar surface area (TPSA) is 89.5 Å². The van der Waals surface area contributed by atoms with Gasteiger partial charge in [-0.25, -0.2) is 13.1 Å². The predicted molar refractivity (Wildman–Crippen MR) is 90.7 cm³/mol. The molecule has 1 aromatic carbocycles. The summed E-state index contributed by atoms with van der Waals surface area (Å²) < 4.78 is 31.4. The van der Waals surface area contributed by atoms with E-state index >= 15 is 0 Å². The number of nitrogens with one attached hydrogen (secondary N) is 1. The highest BCUT2D eigenvalue weighted by atomic mass is 79.9. The van der Waals surface area contributed by atoms with E-state index in [1.54, 1.807) is 24.3 Å². The first-order chi connectivity index (χ1) is 10.7. The summed E-state index contributed by atoms with van der Waals surface area (Å²) in [6, 6.07) is 5.60. The lowest BCUT2D eigenvalue weighted by molar-refractivity contribution is -0.144. The molecule has 128 valence electrons. The smallest absolute Gasteiger partial charge is 0.324 e. The second kappa shape index (κ2) is 9.14. The number of carbonyl (C=O) groups is 2. The van der Waals surface area contributed by atoms with E-state index in [4.69, 9.17) is 4.74 Å². The van der Waals surface area contributed by atoms with Crippen LogP contribution in [0.5, 0.6) is 0 Å². The Kier molecular flexibility index (Phi) is 7.87. The Morgan fingerprint density at radius 3 is 2.43 bits per heavy atom. The van der Waals surface area contributed by atoms with Crippen LogP contribution in [-0.4, -0.2) is 38.6 Å². The summed E-state index contributed by atoms with van der Waals surface area (Å²) in [6.07, 6.45) is 1.25. The van der Waals surface area contributed by atoms with Gasteiger partial charge in [-0.1, -0.05) is 41.4 Å². The SMILES string of the molecule is CCCCS(=O)(=O)N[C@@H](C)C(=O)OCC(=O)c1ccc(Br)cc1. The van der Waals surface area contributed by atoms with Crippen molar-refractivity contribution in [2.24, 2.45) is 0 Å². The van der Waals surface area contributed by atoms with Crippen molar-refractivity contribution in [3.8, 4) is 0 Å². The third kappa shape index (κ3) is 7.24. The summed E-state index contributed by atoms with van der Waals surface area (Å²) in [5.74, 6) is -1.18. The number of ketones is 1. The molecule has 6 nitrogen and oxygen atoms in total. The van der Waals surface area contributed by atoms with Gasteiger partial charge in [0.2, 0.25) is 10.0 Å². The quantitative estimate of drug-likeness (QED) is 0.502. The highest BCUT2D eigenvalue weighted by molar-refractivity contribution is 9.10. The molecule has 0 fully saturated rings. The van der Waals surface area contributed by atoms with Crippen LogP contribution in [0.2, 0.25) is 0 Å². The molecule has 0 unspecified atom stereocenters. The Morgan fingerprint density at radius 1 is 1.26 bits per heavy atom. The molecule has 0 aromatic heterocycles. The van der Waals surface area contributed by atoms with Crippen LogP contribution in [0.25, 0.3) is 0 Å². The number of hydrogen-bond donors (Lipinski definition) is 1. The van der Waals surface area contributed by atoms with Gasteiger partial charge in [-0.05, 0) is 25.5 Å². The first-order valence-corrected chi connectivity index (χ1v) is 9.65. The average Bonchev–Trinajstić information content (AvgIpc) is 2.50. The molecular weight excluding hydrogens is 386 g/mol. The molecule has 0 amide bonds. The van der Waals surface area contributed by atoms with Gasteiger partial charge in [-0.2, -0.15) is 0 Å². The summed E-state index contributed by atoms with van der Waals surface area (Å²) in [4.78, 5) is 23.7. The molecule has 23 heavy (non-hydrogen) atoms. The number of Topliss-reactive ketones (excluding diaryl/α,β-unsaturated/α-hetero) is 1. The zero-order valence-electron chi connectivity index (χ0n) is 13.0. The van der Waals surface area contributed by atoms with E-state index in [1.807, 2.05) is 6.92 Å². The van der Waals surface area contributed by atoms with Crippen molar-refractivity contribution in [2.45, 2.75) is 32.7 Å². The Hall–Kier alpha value is -1.25. The standard InChI is InChI=1S/C15H20BrNO5S/c1-3-4-9-23(20,21)17-11(2)15(19)22-10-14(18)12-5-7-13(16)8-6-12/h5-8,11,17H,3-4,9-10H2,1-2H3/t11-/m0/s1. The zero-order chi connectivity index (χ0) is 17.5. The molecule has 0 bridgehead atoms. The van der Waals surface area contributed by atoms with E-state index in [0.29, 0.717) is 12.0 Å². The molecule has 8 heteroatoms. The van der Waals surface area contributed by atoms with Crippen molar-refractivity contribution in [3.05, 3.63) is 34.3 Å². The van der Waals surface area contributed by atoms with Gasteiger partial charge in [0.15, 0.2) is 12.4 Å². The highest BCUT2D eigenvalue weighted by Gasteiger charge is 2.22. The van der Waals surface area contributed by atoms with E-state index in [9.17, 15) is 18.0 Å². The van der Waals surface area contributed by atoms with Gasteiger partial charge in [0, 0.05) is 10.0 Å². The maximum atomic E-state index is 11.9. The van der Waals surface area contributed by atoms with Crippen LogP contribution in [0.15, 0.2) is 28.7 Å². The molecule has 0 aliphatic carbocycles. The molecular formula is C15H20BrNO5S. The molecule has 0 heterocycles. The van der Waals surface area contributed by atoms with Crippen LogP contribution in [0.3, 0.4) is 0 Å². The summed E-state index contributed by atoms with van der Waals surface area (Å²) in [6.45, 7) is 2.83. The van der Waals surface area contributed by atoms with Crippen LogP contribution in [0.1, 0.15) is 37.0 Å². The minimum atomic E-state index is -3.52. The van der Waals surface area contributed by atoms with Crippen molar-refractivity contribution in [1.29, 1.82) is 0 Å². The monoisotopic (exact) mass is 405 g/mol. The normalized spacial score (nSPS) is 12.7. The predicted octanol–water partition coefficient (Wildman–Crippen LogP) is 2.28. The van der Waals surface area contributed by atoms with Gasteiger partial charge in [-0.3, -0.25) is 9.59 Å². The summed E-state index contributed by atoms with van der Waals surface area (Å²) in [5.41, 5.74) is 0.414. The van der Waals surface area contributed by atoms with Gasteiger partial charge in [0.1, 0.15) is 6.04 Å². The molecule has 1 N–H and O–H groups in total. The summed E-state index contributed by atoms with van der Waals surface area (Å²) >= 11 is 3.26. The van der Waals surface area contributed by atoms with Crippen LogP contribution in [-0.2, 0) is 19.6 Å². The molecule has 1 atom stereocenters. The Balaban J connectivity index is 2.49. The molecule has 0 aliphatic rings. The van der Waals surface area contributed by atoms with E-state index in [0.717, 1.165) is 10.9 Å². The van der Waals surface area contributed by atoms with Crippen LogP contribution >= 0.6 is 15.9 Å². The number of rotatable bonds is 9. The van der Waals surface area contributed by atoms with Crippen molar-refractivity contribution >= 4 is 37.7 Å². The van der Waals surface area contributed by atoms with E-state index in [1.165, 1.54) is 6.92 Å². The van der Waals surface area contributed by atoms with E-state index in [-0.39, 0.29) is 11.5 Å². The first kappa shape index (κ1) is 19.8. The Morgan fingerprint density at radius 2 is 1.87 bits per heavy atom. The van der Waals surface area contributed by atoms with E-state index < -0.39 is 28.6 Å². The molecule has 0 radical (unpaired) electrons. The number of benzene rings is 1. The number of ether oxygens (including phenoxy) is 1. The average molecular weight is 406 g/mol.